The van der Waals surface area contributed by atoms with Gasteiger partial charge in [0.25, 0.3) is 5.91 Å². The molecule has 0 atom stereocenters. The van der Waals surface area contributed by atoms with Crippen LogP contribution in [0.25, 0.3) is 0 Å². The van der Waals surface area contributed by atoms with Crippen LogP contribution in [0.3, 0.4) is 0 Å². The van der Waals surface area contributed by atoms with Crippen LogP contribution in [0.1, 0.15) is 26.3 Å². The molecule has 3 aromatic rings. The Kier molecular flexibility index (Phi) is 7.42. The number of hydrogen-bond donors (Lipinski definition) is 1. The van der Waals surface area contributed by atoms with E-state index in [1.807, 2.05) is 0 Å². The first kappa shape index (κ1) is 22.4. The van der Waals surface area contributed by atoms with Gasteiger partial charge in [-0.25, -0.2) is 10.2 Å². The van der Waals surface area contributed by atoms with Crippen molar-refractivity contribution < 1.29 is 28.5 Å². The Morgan fingerprint density at radius 2 is 1.34 bits per heavy atom. The van der Waals surface area contributed by atoms with Crippen LogP contribution in [0.5, 0.6) is 23.0 Å². The molecule has 164 valence electrons. The van der Waals surface area contributed by atoms with E-state index >= 15 is 0 Å². The van der Waals surface area contributed by atoms with Crippen LogP contribution in [0.15, 0.2) is 71.8 Å². The van der Waals surface area contributed by atoms with E-state index in [2.05, 4.69) is 10.5 Å². The summed E-state index contributed by atoms with van der Waals surface area (Å²) in [7, 11) is 4.57. The molecule has 32 heavy (non-hydrogen) atoms. The van der Waals surface area contributed by atoms with E-state index in [0.717, 1.165) is 0 Å². The molecule has 0 bridgehead atoms. The number of carbonyl (C=O) groups excluding carboxylic acids is 2. The molecule has 3 aromatic carbocycles. The molecule has 0 saturated heterocycles. The molecule has 0 aliphatic rings. The number of hydrazone groups is 1. The van der Waals surface area contributed by atoms with Crippen LogP contribution in [-0.2, 0) is 0 Å². The third-order valence-electron chi connectivity index (χ3n) is 4.45. The number of ether oxygens (including phenoxy) is 4. The van der Waals surface area contributed by atoms with Crippen LogP contribution >= 0.6 is 0 Å². The second-order valence-corrected chi connectivity index (χ2v) is 6.46. The predicted molar refractivity (Wildman–Crippen MR) is 119 cm³/mol. The van der Waals surface area contributed by atoms with Gasteiger partial charge in [-0.1, -0.05) is 0 Å². The molecule has 0 spiro atoms. The monoisotopic (exact) mass is 434 g/mol. The maximum absolute atomic E-state index is 12.4. The fourth-order valence-corrected chi connectivity index (χ4v) is 2.71. The molecule has 0 unspecified atom stereocenters. The van der Waals surface area contributed by atoms with Gasteiger partial charge in [-0.3, -0.25) is 4.79 Å². The number of hydrogen-bond acceptors (Lipinski definition) is 7. The molecule has 3 rings (SSSR count). The lowest BCUT2D eigenvalue weighted by Crippen LogP contribution is -2.17. The van der Waals surface area contributed by atoms with Crippen LogP contribution in [0, 0.1) is 0 Å². The topological polar surface area (TPSA) is 95.5 Å². The average Bonchev–Trinajstić information content (AvgIpc) is 2.84. The summed E-state index contributed by atoms with van der Waals surface area (Å²) in [5.41, 5.74) is 3.91. The maximum Gasteiger partial charge on any atom is 0.343 e. The fraction of sp³-hybridized carbons (Fsp3) is 0.125. The highest BCUT2D eigenvalue weighted by atomic mass is 16.6. The summed E-state index contributed by atoms with van der Waals surface area (Å²) >= 11 is 0. The van der Waals surface area contributed by atoms with E-state index in [4.69, 9.17) is 18.9 Å². The molecule has 1 N–H and O–H groups in total. The molecule has 0 aliphatic carbocycles. The third-order valence-corrected chi connectivity index (χ3v) is 4.45. The largest absolute Gasteiger partial charge is 0.497 e. The standard InChI is InChI=1S/C24H22N2O6/c1-29-19-9-5-17(6-10-19)23(27)26-25-15-16-4-13-21(22(14-16)31-3)32-24(28)18-7-11-20(30-2)12-8-18/h4-15H,1-3H3,(H,26,27)/b25-15-. The molecular weight excluding hydrogens is 412 g/mol. The number of benzene rings is 3. The fourth-order valence-electron chi connectivity index (χ4n) is 2.71. The van der Waals surface area contributed by atoms with Gasteiger partial charge in [0.05, 0.1) is 33.1 Å². The van der Waals surface area contributed by atoms with Crippen LogP contribution < -0.4 is 24.4 Å². The van der Waals surface area contributed by atoms with Crippen molar-refractivity contribution in [3.05, 3.63) is 83.4 Å². The van der Waals surface area contributed by atoms with Gasteiger partial charge in [0, 0.05) is 5.56 Å². The smallest absolute Gasteiger partial charge is 0.343 e. The van der Waals surface area contributed by atoms with Gasteiger partial charge in [-0.15, -0.1) is 0 Å². The Morgan fingerprint density at radius 1 is 0.750 bits per heavy atom. The van der Waals surface area contributed by atoms with Crippen LogP contribution in [0.4, 0.5) is 0 Å². The summed E-state index contributed by atoms with van der Waals surface area (Å²) in [6.07, 6.45) is 1.46. The summed E-state index contributed by atoms with van der Waals surface area (Å²) in [6, 6.07) is 18.1. The van der Waals surface area contributed by atoms with Crippen molar-refractivity contribution in [1.29, 1.82) is 0 Å². The zero-order valence-electron chi connectivity index (χ0n) is 17.8. The van der Waals surface area contributed by atoms with Crippen molar-refractivity contribution in [2.45, 2.75) is 0 Å². The van der Waals surface area contributed by atoms with E-state index in [0.29, 0.717) is 33.9 Å². The molecule has 0 aliphatic heterocycles. The number of esters is 1. The van der Waals surface area contributed by atoms with E-state index in [9.17, 15) is 9.59 Å². The Balaban J connectivity index is 1.64. The lowest BCUT2D eigenvalue weighted by atomic mass is 10.2. The Bertz CT molecular complexity index is 1110. The minimum atomic E-state index is -0.529. The summed E-state index contributed by atoms with van der Waals surface area (Å²) < 4.78 is 20.9. The van der Waals surface area contributed by atoms with Gasteiger partial charge in [0.15, 0.2) is 11.5 Å². The average molecular weight is 434 g/mol. The number of amides is 1. The van der Waals surface area contributed by atoms with Crippen molar-refractivity contribution >= 4 is 18.1 Å². The zero-order valence-corrected chi connectivity index (χ0v) is 17.8. The van der Waals surface area contributed by atoms with Gasteiger partial charge in [-0.2, -0.15) is 5.10 Å². The van der Waals surface area contributed by atoms with Crippen LogP contribution in [-0.4, -0.2) is 39.4 Å². The highest BCUT2D eigenvalue weighted by Gasteiger charge is 2.13. The van der Waals surface area contributed by atoms with E-state index in [1.165, 1.54) is 13.3 Å². The molecule has 8 heteroatoms. The van der Waals surface area contributed by atoms with Crippen molar-refractivity contribution in [1.82, 2.24) is 5.43 Å². The minimum Gasteiger partial charge on any atom is -0.497 e. The summed E-state index contributed by atoms with van der Waals surface area (Å²) in [6.45, 7) is 0. The van der Waals surface area contributed by atoms with Gasteiger partial charge in [0.2, 0.25) is 0 Å². The summed E-state index contributed by atoms with van der Waals surface area (Å²) in [4.78, 5) is 24.5. The van der Waals surface area contributed by atoms with Crippen LogP contribution in [0.2, 0.25) is 0 Å². The van der Waals surface area contributed by atoms with Gasteiger partial charge in [-0.05, 0) is 72.3 Å². The lowest BCUT2D eigenvalue weighted by molar-refractivity contribution is 0.0729. The van der Waals surface area contributed by atoms with Gasteiger partial charge < -0.3 is 18.9 Å². The Morgan fingerprint density at radius 3 is 1.91 bits per heavy atom. The Labute approximate surface area is 185 Å². The van der Waals surface area contributed by atoms with Gasteiger partial charge in [0.1, 0.15) is 11.5 Å². The SMILES string of the molecule is COc1ccc(C(=O)N/N=C\c2ccc(OC(=O)c3ccc(OC)cc3)c(OC)c2)cc1. The molecule has 1 amide bonds. The first-order valence-corrected chi connectivity index (χ1v) is 9.55. The maximum atomic E-state index is 12.4. The third kappa shape index (κ3) is 5.63. The first-order chi connectivity index (χ1) is 15.5. The second kappa shape index (κ2) is 10.6. The highest BCUT2D eigenvalue weighted by Crippen LogP contribution is 2.28. The highest BCUT2D eigenvalue weighted by molar-refractivity contribution is 5.95. The van der Waals surface area contributed by atoms with Crippen molar-refractivity contribution in [2.24, 2.45) is 5.10 Å². The number of nitrogens with one attached hydrogen (secondary N) is 1. The zero-order chi connectivity index (χ0) is 22.9. The molecule has 0 radical (unpaired) electrons. The van der Waals surface area contributed by atoms with E-state index < -0.39 is 5.97 Å². The van der Waals surface area contributed by atoms with Crippen molar-refractivity contribution in [3.63, 3.8) is 0 Å². The molecule has 0 heterocycles. The quantitative estimate of drug-likeness (QED) is 0.251. The Hall–Kier alpha value is -4.33. The van der Waals surface area contributed by atoms with E-state index in [1.54, 1.807) is 80.9 Å². The number of carbonyl (C=O) groups is 2. The first-order valence-electron chi connectivity index (χ1n) is 9.55. The summed E-state index contributed by atoms with van der Waals surface area (Å²) in [5, 5.41) is 3.96. The number of methoxy groups -OCH3 is 3. The lowest BCUT2D eigenvalue weighted by Gasteiger charge is -2.10. The molecular formula is C24H22N2O6. The van der Waals surface area contributed by atoms with E-state index in [-0.39, 0.29) is 11.7 Å². The predicted octanol–water partition coefficient (Wildman–Crippen LogP) is 3.70. The molecule has 0 saturated carbocycles. The molecule has 0 aromatic heterocycles. The van der Waals surface area contributed by atoms with Crippen molar-refractivity contribution in [3.8, 4) is 23.0 Å². The van der Waals surface area contributed by atoms with Crippen molar-refractivity contribution in [2.75, 3.05) is 21.3 Å². The molecule has 0 fully saturated rings. The van der Waals surface area contributed by atoms with Gasteiger partial charge >= 0.3 is 5.97 Å². The normalized spacial score (nSPS) is 10.5. The second-order valence-electron chi connectivity index (χ2n) is 6.46. The molecule has 8 nitrogen and oxygen atoms in total. The minimum absolute atomic E-state index is 0.257. The number of nitrogens with zero attached hydrogens (tertiary/aromatic N) is 1. The number of rotatable bonds is 8. The summed E-state index contributed by atoms with van der Waals surface area (Å²) in [5.74, 6) is 1.01.